The molecule has 184 valence electrons. The monoisotopic (exact) mass is 494 g/mol. The molecule has 2 fully saturated rings. The molecule has 0 unspecified atom stereocenters. The highest BCUT2D eigenvalue weighted by Gasteiger charge is 2.33. The van der Waals surface area contributed by atoms with Gasteiger partial charge in [0.1, 0.15) is 5.82 Å². The quantitative estimate of drug-likeness (QED) is 0.631. The molecule has 0 spiro atoms. The maximum absolute atomic E-state index is 12.9. The van der Waals surface area contributed by atoms with Crippen LogP contribution in [0.25, 0.3) is 0 Å². The van der Waals surface area contributed by atoms with Gasteiger partial charge in [-0.05, 0) is 49.8 Å². The third-order valence-electron chi connectivity index (χ3n) is 6.90. The van der Waals surface area contributed by atoms with E-state index in [0.717, 1.165) is 44.7 Å². The predicted molar refractivity (Wildman–Crippen MR) is 127 cm³/mol. The van der Waals surface area contributed by atoms with Crippen molar-refractivity contribution in [1.29, 1.82) is 0 Å². The number of aromatic nitrogens is 1. The van der Waals surface area contributed by atoms with E-state index >= 15 is 0 Å². The van der Waals surface area contributed by atoms with Crippen LogP contribution in [0.1, 0.15) is 42.4 Å². The summed E-state index contributed by atoms with van der Waals surface area (Å²) >= 11 is 6.08. The van der Waals surface area contributed by atoms with Crippen LogP contribution in [0, 0.1) is 12.8 Å². The molecule has 3 heterocycles. The number of amides is 1. The first-order valence-corrected chi connectivity index (χ1v) is 12.1. The van der Waals surface area contributed by atoms with Crippen LogP contribution in [-0.4, -0.2) is 48.0 Å². The van der Waals surface area contributed by atoms with Gasteiger partial charge in [-0.3, -0.25) is 9.69 Å². The number of hydrogen-bond acceptors (Lipinski definition) is 4. The van der Waals surface area contributed by atoms with Crippen LogP contribution in [0.3, 0.4) is 0 Å². The minimum Gasteiger partial charge on any atom is -0.355 e. The Morgan fingerprint density at radius 1 is 1.12 bits per heavy atom. The van der Waals surface area contributed by atoms with Crippen molar-refractivity contribution in [1.82, 2.24) is 15.2 Å². The fourth-order valence-electron chi connectivity index (χ4n) is 4.75. The van der Waals surface area contributed by atoms with Crippen molar-refractivity contribution in [2.75, 3.05) is 31.1 Å². The zero-order chi connectivity index (χ0) is 24.3. The van der Waals surface area contributed by atoms with Crippen molar-refractivity contribution in [2.45, 2.75) is 51.4 Å². The number of aryl methyl sites for hydroxylation is 1. The van der Waals surface area contributed by atoms with Crippen LogP contribution >= 0.6 is 11.6 Å². The molecule has 0 radical (unpaired) electrons. The van der Waals surface area contributed by atoms with Crippen molar-refractivity contribution in [3.8, 4) is 0 Å². The molecule has 2 aliphatic heterocycles. The topological polar surface area (TPSA) is 48.5 Å². The number of hydrogen-bond donors (Lipinski definition) is 1. The zero-order valence-electron chi connectivity index (χ0n) is 19.2. The Kier molecular flexibility index (Phi) is 7.67. The number of nitrogens with zero attached hydrogens (tertiary/aromatic N) is 3. The molecule has 34 heavy (non-hydrogen) atoms. The Balaban J connectivity index is 1.23. The van der Waals surface area contributed by atoms with E-state index < -0.39 is 11.7 Å². The van der Waals surface area contributed by atoms with Gasteiger partial charge >= 0.3 is 6.18 Å². The Morgan fingerprint density at radius 3 is 2.41 bits per heavy atom. The molecule has 5 nitrogen and oxygen atoms in total. The Hall–Kier alpha value is -2.32. The van der Waals surface area contributed by atoms with Crippen molar-refractivity contribution in [3.63, 3.8) is 0 Å². The van der Waals surface area contributed by atoms with Gasteiger partial charge in [0.15, 0.2) is 0 Å². The van der Waals surface area contributed by atoms with E-state index in [2.05, 4.69) is 46.4 Å². The van der Waals surface area contributed by atoms with Gasteiger partial charge in [0, 0.05) is 50.9 Å². The minimum atomic E-state index is -4.48. The van der Waals surface area contributed by atoms with E-state index in [1.807, 2.05) is 4.90 Å². The van der Waals surface area contributed by atoms with Crippen LogP contribution in [0.15, 0.2) is 36.5 Å². The van der Waals surface area contributed by atoms with Crippen LogP contribution < -0.4 is 10.2 Å². The van der Waals surface area contributed by atoms with E-state index in [0.29, 0.717) is 31.7 Å². The Morgan fingerprint density at radius 2 is 1.79 bits per heavy atom. The standard InChI is InChI=1S/C25H30ClF3N4O/c1-17-4-2-3-5-19(17)16-32-10-8-21(9-11-32)31-24(34)18-6-12-33(13-7-18)23-22(26)14-20(15-30-23)25(27,28)29/h2-5,14-15,18,21H,6-13,16H2,1H3,(H,31,34). The molecule has 2 saturated heterocycles. The van der Waals surface area contributed by atoms with Crippen LogP contribution in [0.2, 0.25) is 5.02 Å². The molecule has 2 aromatic rings. The summed E-state index contributed by atoms with van der Waals surface area (Å²) in [4.78, 5) is 21.1. The lowest BCUT2D eigenvalue weighted by molar-refractivity contribution is -0.137. The zero-order valence-corrected chi connectivity index (χ0v) is 20.0. The number of carbonyl (C=O) groups excluding carboxylic acids is 1. The minimum absolute atomic E-state index is 0.0183. The summed E-state index contributed by atoms with van der Waals surface area (Å²) in [5.41, 5.74) is 1.79. The molecule has 1 aromatic carbocycles. The van der Waals surface area contributed by atoms with Crippen molar-refractivity contribution < 1.29 is 18.0 Å². The number of pyridine rings is 1. The third-order valence-corrected chi connectivity index (χ3v) is 7.18. The highest BCUT2D eigenvalue weighted by atomic mass is 35.5. The van der Waals surface area contributed by atoms with Gasteiger partial charge in [-0.2, -0.15) is 13.2 Å². The van der Waals surface area contributed by atoms with Crippen LogP contribution in [0.4, 0.5) is 19.0 Å². The molecule has 0 saturated carbocycles. The van der Waals surface area contributed by atoms with E-state index in [-0.39, 0.29) is 22.9 Å². The molecule has 1 N–H and O–H groups in total. The van der Waals surface area contributed by atoms with Gasteiger partial charge in [-0.25, -0.2) is 4.98 Å². The number of alkyl halides is 3. The molecule has 4 rings (SSSR count). The largest absolute Gasteiger partial charge is 0.417 e. The molecule has 1 amide bonds. The average molecular weight is 495 g/mol. The van der Waals surface area contributed by atoms with Gasteiger partial charge in [0.05, 0.1) is 10.6 Å². The van der Waals surface area contributed by atoms with E-state index in [1.54, 1.807) is 0 Å². The van der Waals surface area contributed by atoms with Crippen LogP contribution in [0.5, 0.6) is 0 Å². The van der Waals surface area contributed by atoms with E-state index in [1.165, 1.54) is 11.1 Å². The fraction of sp³-hybridized carbons (Fsp3) is 0.520. The fourth-order valence-corrected chi connectivity index (χ4v) is 5.04. The van der Waals surface area contributed by atoms with Gasteiger partial charge in [0.2, 0.25) is 5.91 Å². The Bertz CT molecular complexity index is 1000. The number of nitrogens with one attached hydrogen (secondary N) is 1. The van der Waals surface area contributed by atoms with Gasteiger partial charge in [-0.1, -0.05) is 35.9 Å². The maximum atomic E-state index is 12.9. The number of piperidine rings is 2. The second-order valence-corrected chi connectivity index (χ2v) is 9.68. The third kappa shape index (κ3) is 6.02. The number of benzene rings is 1. The molecule has 1 aromatic heterocycles. The summed E-state index contributed by atoms with van der Waals surface area (Å²) in [7, 11) is 0. The van der Waals surface area contributed by atoms with Gasteiger partial charge in [-0.15, -0.1) is 0 Å². The molecule has 0 bridgehead atoms. The number of halogens is 4. The average Bonchev–Trinajstić information content (AvgIpc) is 2.81. The maximum Gasteiger partial charge on any atom is 0.417 e. The summed E-state index contributed by atoms with van der Waals surface area (Å²) in [6.45, 7) is 6.04. The normalized spacial score (nSPS) is 18.8. The summed E-state index contributed by atoms with van der Waals surface area (Å²) < 4.78 is 38.6. The summed E-state index contributed by atoms with van der Waals surface area (Å²) in [6.07, 6.45) is -0.556. The lowest BCUT2D eigenvalue weighted by Crippen LogP contribution is -2.48. The molecule has 9 heteroatoms. The molecule has 2 aliphatic rings. The smallest absolute Gasteiger partial charge is 0.355 e. The van der Waals surface area contributed by atoms with Gasteiger partial charge < -0.3 is 10.2 Å². The molecular formula is C25H30ClF3N4O. The highest BCUT2D eigenvalue weighted by Crippen LogP contribution is 2.34. The van der Waals surface area contributed by atoms with Crippen LogP contribution in [-0.2, 0) is 17.5 Å². The van der Waals surface area contributed by atoms with E-state index in [4.69, 9.17) is 11.6 Å². The lowest BCUT2D eigenvalue weighted by Gasteiger charge is -2.35. The molecule has 0 aliphatic carbocycles. The van der Waals surface area contributed by atoms with E-state index in [9.17, 15) is 18.0 Å². The van der Waals surface area contributed by atoms with Crippen molar-refractivity contribution in [3.05, 3.63) is 58.2 Å². The second kappa shape index (κ2) is 10.5. The number of likely N-dealkylation sites (tertiary alicyclic amines) is 1. The predicted octanol–water partition coefficient (Wildman–Crippen LogP) is 5.06. The van der Waals surface area contributed by atoms with Crippen molar-refractivity contribution in [2.24, 2.45) is 5.92 Å². The summed E-state index contributed by atoms with van der Waals surface area (Å²) in [5, 5.41) is 3.21. The Labute approximate surface area is 203 Å². The summed E-state index contributed by atoms with van der Waals surface area (Å²) in [5.74, 6) is 0.313. The lowest BCUT2D eigenvalue weighted by atomic mass is 9.94. The number of rotatable bonds is 5. The number of anilines is 1. The van der Waals surface area contributed by atoms with Crippen molar-refractivity contribution >= 4 is 23.3 Å². The van der Waals surface area contributed by atoms with Gasteiger partial charge in [0.25, 0.3) is 0 Å². The molecular weight excluding hydrogens is 465 g/mol. The summed E-state index contributed by atoms with van der Waals surface area (Å²) in [6, 6.07) is 9.53. The number of carbonyl (C=O) groups is 1. The first kappa shape index (κ1) is 24.8. The SMILES string of the molecule is Cc1ccccc1CN1CCC(NC(=O)C2CCN(c3ncc(C(F)(F)F)cc3Cl)CC2)CC1. The first-order valence-electron chi connectivity index (χ1n) is 11.8. The highest BCUT2D eigenvalue weighted by molar-refractivity contribution is 6.33. The molecule has 0 atom stereocenters. The second-order valence-electron chi connectivity index (χ2n) is 9.27. The first-order chi connectivity index (χ1) is 16.2.